The van der Waals surface area contributed by atoms with Crippen LogP contribution in [0.25, 0.3) is 0 Å². The molecule has 2 heterocycles. The van der Waals surface area contributed by atoms with Crippen molar-refractivity contribution in [1.82, 2.24) is 19.3 Å². The smallest absolute Gasteiger partial charge is 0.227 e. The molecule has 0 fully saturated rings. The first-order valence-electron chi connectivity index (χ1n) is 10.8. The summed E-state index contributed by atoms with van der Waals surface area (Å²) in [5, 5.41) is 2.87. The molecule has 1 amide bonds. The number of rotatable bonds is 12. The summed E-state index contributed by atoms with van der Waals surface area (Å²) in [6.07, 6.45) is 2.93. The van der Waals surface area contributed by atoms with Crippen molar-refractivity contribution in [2.75, 3.05) is 27.7 Å². The van der Waals surface area contributed by atoms with Gasteiger partial charge in [0.2, 0.25) is 5.91 Å². The van der Waals surface area contributed by atoms with Gasteiger partial charge in [0.25, 0.3) is 0 Å². The van der Waals surface area contributed by atoms with Crippen LogP contribution in [-0.4, -0.2) is 49.8 Å². The van der Waals surface area contributed by atoms with Crippen LogP contribution in [0.15, 0.2) is 41.8 Å². The van der Waals surface area contributed by atoms with Gasteiger partial charge in [0, 0.05) is 28.4 Å². The number of methoxy groups -OCH3 is 1. The number of carbonyl (C=O) groups excluding carboxylic acids is 2. The van der Waals surface area contributed by atoms with E-state index in [1.165, 1.54) is 28.3 Å². The largest absolute Gasteiger partial charge is 0.497 e. The van der Waals surface area contributed by atoms with Gasteiger partial charge >= 0.3 is 0 Å². The van der Waals surface area contributed by atoms with Gasteiger partial charge in [-0.05, 0) is 63.0 Å². The number of aldehydes is 1. The zero-order valence-electron chi connectivity index (χ0n) is 20.0. The van der Waals surface area contributed by atoms with Crippen LogP contribution in [0.5, 0.6) is 5.75 Å². The molecule has 0 atom stereocenters. The van der Waals surface area contributed by atoms with E-state index in [0.29, 0.717) is 25.2 Å². The van der Waals surface area contributed by atoms with Crippen LogP contribution in [0, 0.1) is 6.92 Å². The highest BCUT2D eigenvalue weighted by molar-refractivity contribution is 7.95. The maximum absolute atomic E-state index is 13.0. The molecule has 0 saturated heterocycles. The number of hydrogen-bond acceptors (Lipinski definition) is 9. The molecule has 1 aromatic carbocycles. The number of thiophene rings is 1. The first-order chi connectivity index (χ1) is 16.5. The second-order valence-corrected chi connectivity index (χ2v) is 10.5. The Morgan fingerprint density at radius 1 is 1.21 bits per heavy atom. The van der Waals surface area contributed by atoms with E-state index in [1.54, 1.807) is 18.4 Å². The molecule has 0 aliphatic rings. The van der Waals surface area contributed by atoms with Gasteiger partial charge in [-0.15, -0.1) is 22.7 Å². The molecule has 3 aromatic rings. The summed E-state index contributed by atoms with van der Waals surface area (Å²) in [5.41, 5.74) is 1.41. The summed E-state index contributed by atoms with van der Waals surface area (Å²) in [6, 6.07) is 11.7. The van der Waals surface area contributed by atoms with E-state index in [9.17, 15) is 9.59 Å². The van der Waals surface area contributed by atoms with Crippen molar-refractivity contribution in [3.8, 4) is 5.75 Å². The Kier molecular flexibility index (Phi) is 12.9. The predicted octanol–water partition coefficient (Wildman–Crippen LogP) is 4.53. The molecule has 2 N–H and O–H groups in total. The molecule has 184 valence electrons. The fourth-order valence-corrected chi connectivity index (χ4v) is 5.00. The topological polar surface area (TPSA) is 83.6 Å². The van der Waals surface area contributed by atoms with Gasteiger partial charge in [-0.3, -0.25) is 19.0 Å². The lowest BCUT2D eigenvalue weighted by Gasteiger charge is -2.22. The lowest BCUT2D eigenvalue weighted by Crippen LogP contribution is -2.33. The normalized spacial score (nSPS) is 10.4. The van der Waals surface area contributed by atoms with Crippen LogP contribution in [0.1, 0.15) is 37.2 Å². The molecule has 3 rings (SSSR count). The molecule has 7 nitrogen and oxygen atoms in total. The zero-order valence-corrected chi connectivity index (χ0v) is 22.4. The van der Waals surface area contributed by atoms with Gasteiger partial charge in [-0.2, -0.15) is 0 Å². The van der Waals surface area contributed by atoms with Crippen LogP contribution in [0.3, 0.4) is 0 Å². The van der Waals surface area contributed by atoms with E-state index in [2.05, 4.69) is 25.9 Å². The van der Waals surface area contributed by atoms with Crippen LogP contribution in [0.4, 0.5) is 0 Å². The number of hydrogen-bond donors (Lipinski definition) is 2. The first-order valence-corrected chi connectivity index (χ1v) is 13.4. The van der Waals surface area contributed by atoms with Gasteiger partial charge in [0.05, 0.1) is 20.1 Å². The predicted molar refractivity (Wildman–Crippen MR) is 143 cm³/mol. The fraction of sp³-hybridized carbons (Fsp3) is 0.375. The summed E-state index contributed by atoms with van der Waals surface area (Å²) >= 11 is 4.68. The van der Waals surface area contributed by atoms with Crippen molar-refractivity contribution >= 4 is 47.0 Å². The van der Waals surface area contributed by atoms with Crippen molar-refractivity contribution in [2.24, 2.45) is 0 Å². The summed E-state index contributed by atoms with van der Waals surface area (Å²) in [4.78, 5) is 32.6. The van der Waals surface area contributed by atoms with E-state index in [-0.39, 0.29) is 5.91 Å². The molecular formula is C24H32N4O3S3. The standard InChI is InChI=1S/C22H24N2O3S2.C2H8N2S/c1-16-20(15-25)23-21(29-16)14-24(11-3-5-19-6-4-12-28-19)22(26)13-17-7-9-18(27-2)10-8-17;1-3-5-4-2/h4,6-10,12,15H,3,5,11,13-14H2,1-2H3;3-4H,1-2H3. The van der Waals surface area contributed by atoms with Crippen LogP contribution in [-0.2, 0) is 24.2 Å². The molecule has 0 aliphatic carbocycles. The number of nitrogens with one attached hydrogen (secondary N) is 2. The Hall–Kier alpha value is -2.24. The van der Waals surface area contributed by atoms with E-state index >= 15 is 0 Å². The van der Waals surface area contributed by atoms with E-state index in [1.807, 2.05) is 56.3 Å². The molecule has 0 aliphatic heterocycles. The number of benzene rings is 1. The molecule has 0 bridgehead atoms. The fourth-order valence-electron chi connectivity index (χ4n) is 3.13. The number of aromatic nitrogens is 1. The average Bonchev–Trinajstić information content (AvgIpc) is 3.49. The second-order valence-electron chi connectivity index (χ2n) is 7.20. The van der Waals surface area contributed by atoms with Crippen molar-refractivity contribution in [1.29, 1.82) is 0 Å². The molecule has 0 radical (unpaired) electrons. The molecule has 0 unspecified atom stereocenters. The maximum atomic E-state index is 13.0. The van der Waals surface area contributed by atoms with Gasteiger partial charge < -0.3 is 9.64 Å². The summed E-state index contributed by atoms with van der Waals surface area (Å²) < 4.78 is 10.8. The Bertz CT molecular complexity index is 990. The van der Waals surface area contributed by atoms with Crippen molar-refractivity contribution in [3.63, 3.8) is 0 Å². The number of aryl methyl sites for hydroxylation is 2. The summed E-state index contributed by atoms with van der Waals surface area (Å²) in [5.74, 6) is 0.829. The van der Waals surface area contributed by atoms with Crippen molar-refractivity contribution < 1.29 is 14.3 Å². The highest BCUT2D eigenvalue weighted by atomic mass is 32.2. The number of thiazole rings is 1. The number of amides is 1. The quantitative estimate of drug-likeness (QED) is 0.268. The van der Waals surface area contributed by atoms with Crippen LogP contribution < -0.4 is 14.2 Å². The third-order valence-corrected chi connectivity index (χ3v) is 7.13. The average molecular weight is 521 g/mol. The lowest BCUT2D eigenvalue weighted by atomic mass is 10.1. The number of carbonyl (C=O) groups is 2. The summed E-state index contributed by atoms with van der Waals surface area (Å²) in [6.45, 7) is 2.96. The molecular weight excluding hydrogens is 488 g/mol. The molecule has 10 heteroatoms. The lowest BCUT2D eigenvalue weighted by molar-refractivity contribution is -0.131. The molecule has 0 spiro atoms. The van der Waals surface area contributed by atoms with Gasteiger partial charge in [-0.1, -0.05) is 18.2 Å². The van der Waals surface area contributed by atoms with Gasteiger partial charge in [-0.25, -0.2) is 4.98 Å². The van der Waals surface area contributed by atoms with Crippen molar-refractivity contribution in [3.05, 3.63) is 67.8 Å². The van der Waals surface area contributed by atoms with Gasteiger partial charge in [0.1, 0.15) is 16.5 Å². The third kappa shape index (κ3) is 9.55. The molecule has 34 heavy (non-hydrogen) atoms. The Labute approximate surface area is 214 Å². The van der Waals surface area contributed by atoms with Crippen LogP contribution in [0.2, 0.25) is 0 Å². The molecule has 2 aromatic heterocycles. The first kappa shape index (κ1) is 28.0. The second kappa shape index (κ2) is 15.6. The minimum Gasteiger partial charge on any atom is -0.497 e. The van der Waals surface area contributed by atoms with E-state index in [0.717, 1.165) is 40.3 Å². The minimum absolute atomic E-state index is 0.0573. The van der Waals surface area contributed by atoms with Crippen molar-refractivity contribution in [2.45, 2.75) is 32.7 Å². The van der Waals surface area contributed by atoms with E-state index in [4.69, 9.17) is 4.74 Å². The highest BCUT2D eigenvalue weighted by Gasteiger charge is 2.17. The number of nitrogens with zero attached hydrogens (tertiary/aromatic N) is 2. The monoisotopic (exact) mass is 520 g/mol. The molecule has 0 saturated carbocycles. The Morgan fingerprint density at radius 3 is 2.47 bits per heavy atom. The third-order valence-electron chi connectivity index (χ3n) is 4.82. The van der Waals surface area contributed by atoms with E-state index < -0.39 is 0 Å². The highest BCUT2D eigenvalue weighted by Crippen LogP contribution is 2.20. The number of ether oxygens (including phenoxy) is 1. The van der Waals surface area contributed by atoms with Gasteiger partial charge in [0.15, 0.2) is 6.29 Å². The van der Waals surface area contributed by atoms with Crippen LogP contribution >= 0.6 is 34.8 Å². The Balaban J connectivity index is 0.000000739. The SMILES string of the molecule is CNSNC.COc1ccc(CC(=O)N(CCCc2cccs2)Cc2nc(C=O)c(C)s2)cc1. The minimum atomic E-state index is 0.0573. The maximum Gasteiger partial charge on any atom is 0.227 e. The zero-order chi connectivity index (χ0) is 24.8. The Morgan fingerprint density at radius 2 is 1.94 bits per heavy atom. The summed E-state index contributed by atoms with van der Waals surface area (Å²) in [7, 11) is 5.35.